The fourth-order valence-electron chi connectivity index (χ4n) is 1.86. The lowest BCUT2D eigenvalue weighted by Crippen LogP contribution is -2.31. The molecule has 0 atom stereocenters. The fraction of sp³-hybridized carbons (Fsp3) is 0.267. The number of carbonyl (C=O) groups is 1. The van der Waals surface area contributed by atoms with E-state index in [1.807, 2.05) is 0 Å². The molecule has 0 fully saturated rings. The molecule has 0 aliphatic carbocycles. The Balaban J connectivity index is 2.18. The largest absolute Gasteiger partial charge is 0.505 e. The number of aliphatic hydroxyl groups excluding tert-OH is 1. The highest BCUT2D eigenvalue weighted by Crippen LogP contribution is 2.15. The van der Waals surface area contributed by atoms with E-state index in [4.69, 9.17) is 9.84 Å². The molecule has 0 spiro atoms. The number of ether oxygens (including phenoxy) is 1. The van der Waals surface area contributed by atoms with Crippen molar-refractivity contribution < 1.29 is 19.7 Å². The average molecular weight is 398 g/mol. The topological polar surface area (TPSA) is 114 Å². The number of hydrogen-bond acceptors (Lipinski definition) is 6. The number of rotatable bonds is 7. The Morgan fingerprint density at radius 1 is 1.29 bits per heavy atom. The van der Waals surface area contributed by atoms with E-state index in [1.165, 1.54) is 0 Å². The molecule has 1 amide bonds. The van der Waals surface area contributed by atoms with Gasteiger partial charge in [0.05, 0.1) is 25.5 Å². The van der Waals surface area contributed by atoms with E-state index in [0.29, 0.717) is 5.69 Å². The lowest BCUT2D eigenvalue weighted by Gasteiger charge is -2.09. The Hall–Kier alpha value is -2.23. The smallest absolute Gasteiger partial charge is 0.275 e. The minimum Gasteiger partial charge on any atom is -0.505 e. The number of nitrogens with one attached hydrogen (secondary N) is 1. The maximum absolute atomic E-state index is 12.1. The fourth-order valence-corrected chi connectivity index (χ4v) is 2.13. The van der Waals surface area contributed by atoms with Crippen molar-refractivity contribution in [1.82, 2.24) is 15.1 Å². The van der Waals surface area contributed by atoms with Gasteiger partial charge < -0.3 is 20.3 Å². The molecular weight excluding hydrogens is 382 g/mol. The first kappa shape index (κ1) is 18.1. The summed E-state index contributed by atoms with van der Waals surface area (Å²) in [4.78, 5) is 24.1. The predicted molar refractivity (Wildman–Crippen MR) is 89.4 cm³/mol. The summed E-state index contributed by atoms with van der Waals surface area (Å²) in [5.41, 5.74) is -0.360. The Bertz CT molecular complexity index is 761. The summed E-state index contributed by atoms with van der Waals surface area (Å²) in [5, 5.41) is 24.8. The van der Waals surface area contributed by atoms with Gasteiger partial charge in [0.2, 0.25) is 0 Å². The molecule has 8 nitrogen and oxygen atoms in total. The number of benzene rings is 1. The number of aromatic hydroxyl groups is 1. The standard InChI is InChI=1S/C15H16BrN3O5/c16-10-1-3-11(4-2-10)19-13(22)9-12(21)14(18-19)15(23)17-5-7-24-8-6-20/h1-4,9,20-21H,5-8H2,(H,17,23). The Morgan fingerprint density at radius 2 is 2.00 bits per heavy atom. The van der Waals surface area contributed by atoms with Gasteiger partial charge >= 0.3 is 0 Å². The molecule has 3 N–H and O–H groups in total. The van der Waals surface area contributed by atoms with Crippen LogP contribution in [0.15, 0.2) is 39.6 Å². The molecule has 128 valence electrons. The highest BCUT2D eigenvalue weighted by molar-refractivity contribution is 9.10. The maximum Gasteiger partial charge on any atom is 0.275 e. The SMILES string of the molecule is O=C(NCCOCCO)c1nn(-c2ccc(Br)cc2)c(=O)cc1O. The summed E-state index contributed by atoms with van der Waals surface area (Å²) in [6.45, 7) is 0.457. The molecule has 1 aromatic carbocycles. The second-order valence-electron chi connectivity index (χ2n) is 4.70. The van der Waals surface area contributed by atoms with Crippen molar-refractivity contribution in [2.75, 3.05) is 26.4 Å². The van der Waals surface area contributed by atoms with Gasteiger partial charge in [-0.25, -0.2) is 0 Å². The van der Waals surface area contributed by atoms with Crippen molar-refractivity contribution in [3.8, 4) is 11.4 Å². The van der Waals surface area contributed by atoms with Crippen molar-refractivity contribution in [2.45, 2.75) is 0 Å². The average Bonchev–Trinajstić information content (AvgIpc) is 2.55. The minimum absolute atomic E-state index is 0.103. The second-order valence-corrected chi connectivity index (χ2v) is 5.61. The monoisotopic (exact) mass is 397 g/mol. The lowest BCUT2D eigenvalue weighted by molar-refractivity contribution is 0.0832. The highest BCUT2D eigenvalue weighted by atomic mass is 79.9. The Labute approximate surface area is 145 Å². The summed E-state index contributed by atoms with van der Waals surface area (Å²) < 4.78 is 6.88. The number of nitrogens with zero attached hydrogens (tertiary/aromatic N) is 2. The summed E-state index contributed by atoms with van der Waals surface area (Å²) in [7, 11) is 0. The number of carbonyl (C=O) groups excluding carboxylic acids is 1. The second kappa shape index (κ2) is 8.57. The van der Waals surface area contributed by atoms with E-state index in [0.717, 1.165) is 15.2 Å². The van der Waals surface area contributed by atoms with Gasteiger partial charge in [0, 0.05) is 17.1 Å². The van der Waals surface area contributed by atoms with Crippen LogP contribution in [0.5, 0.6) is 5.75 Å². The first-order valence-electron chi connectivity index (χ1n) is 7.09. The first-order valence-corrected chi connectivity index (χ1v) is 7.88. The van der Waals surface area contributed by atoms with E-state index >= 15 is 0 Å². The summed E-state index contributed by atoms with van der Waals surface area (Å²) >= 11 is 3.29. The van der Waals surface area contributed by atoms with Crippen LogP contribution in [-0.2, 0) is 4.74 Å². The maximum atomic E-state index is 12.1. The zero-order valence-corrected chi connectivity index (χ0v) is 14.2. The van der Waals surface area contributed by atoms with Crippen molar-refractivity contribution in [1.29, 1.82) is 0 Å². The van der Waals surface area contributed by atoms with Gasteiger partial charge in [0.15, 0.2) is 11.4 Å². The van der Waals surface area contributed by atoms with Gasteiger partial charge in [-0.15, -0.1) is 0 Å². The molecule has 24 heavy (non-hydrogen) atoms. The number of aliphatic hydroxyl groups is 1. The van der Waals surface area contributed by atoms with Crippen LogP contribution in [0.2, 0.25) is 0 Å². The molecule has 0 saturated heterocycles. The van der Waals surface area contributed by atoms with Crippen molar-refractivity contribution in [2.24, 2.45) is 0 Å². The van der Waals surface area contributed by atoms with Gasteiger partial charge in [0.25, 0.3) is 11.5 Å². The van der Waals surface area contributed by atoms with Crippen molar-refractivity contribution in [3.05, 3.63) is 50.9 Å². The molecule has 0 saturated carbocycles. The molecule has 0 unspecified atom stereocenters. The first-order chi connectivity index (χ1) is 11.5. The summed E-state index contributed by atoms with van der Waals surface area (Å²) in [5.74, 6) is -1.13. The molecule has 1 heterocycles. The number of aromatic nitrogens is 2. The zero-order chi connectivity index (χ0) is 17.5. The van der Waals surface area contributed by atoms with Gasteiger partial charge in [-0.2, -0.15) is 9.78 Å². The van der Waals surface area contributed by atoms with Crippen molar-refractivity contribution >= 4 is 21.8 Å². The molecule has 0 aliphatic heterocycles. The van der Waals surface area contributed by atoms with Gasteiger partial charge in [-0.3, -0.25) is 9.59 Å². The molecule has 1 aromatic heterocycles. The third-order valence-electron chi connectivity index (χ3n) is 2.97. The number of hydrogen-bond donors (Lipinski definition) is 3. The van der Waals surface area contributed by atoms with Gasteiger partial charge in [-0.1, -0.05) is 15.9 Å². The van der Waals surface area contributed by atoms with Crippen LogP contribution in [-0.4, -0.2) is 52.3 Å². The molecular formula is C15H16BrN3O5. The van der Waals surface area contributed by atoms with E-state index in [2.05, 4.69) is 26.3 Å². The van der Waals surface area contributed by atoms with Crippen LogP contribution < -0.4 is 10.9 Å². The molecule has 2 rings (SSSR count). The molecule has 9 heteroatoms. The minimum atomic E-state index is -0.633. The number of halogens is 1. The Morgan fingerprint density at radius 3 is 2.67 bits per heavy atom. The van der Waals surface area contributed by atoms with Gasteiger partial charge in [-0.05, 0) is 24.3 Å². The highest BCUT2D eigenvalue weighted by Gasteiger charge is 2.16. The molecule has 0 bridgehead atoms. The molecule has 0 radical (unpaired) electrons. The van der Waals surface area contributed by atoms with Gasteiger partial charge in [0.1, 0.15) is 0 Å². The zero-order valence-electron chi connectivity index (χ0n) is 12.6. The van der Waals surface area contributed by atoms with Crippen LogP contribution in [0.1, 0.15) is 10.5 Å². The Kier molecular flexibility index (Phi) is 6.47. The normalized spacial score (nSPS) is 10.6. The van der Waals surface area contributed by atoms with Crippen LogP contribution in [0, 0.1) is 0 Å². The lowest BCUT2D eigenvalue weighted by atomic mass is 10.3. The van der Waals surface area contributed by atoms with Crippen molar-refractivity contribution in [3.63, 3.8) is 0 Å². The van der Waals surface area contributed by atoms with E-state index < -0.39 is 17.2 Å². The predicted octanol–water partition coefficient (Wildman–Crippen LogP) is 0.439. The molecule has 2 aromatic rings. The quantitative estimate of drug-likeness (QED) is 0.584. The van der Waals surface area contributed by atoms with Crippen LogP contribution in [0.4, 0.5) is 0 Å². The van der Waals surface area contributed by atoms with Crippen LogP contribution in [0.3, 0.4) is 0 Å². The molecule has 0 aliphatic rings. The number of amides is 1. The third kappa shape index (κ3) is 4.63. The van der Waals surface area contributed by atoms with E-state index in [1.54, 1.807) is 24.3 Å². The summed E-state index contributed by atoms with van der Waals surface area (Å²) in [6.07, 6.45) is 0. The van der Waals surface area contributed by atoms with E-state index in [9.17, 15) is 14.7 Å². The third-order valence-corrected chi connectivity index (χ3v) is 3.49. The van der Waals surface area contributed by atoms with Crippen LogP contribution in [0.25, 0.3) is 5.69 Å². The van der Waals surface area contributed by atoms with Crippen LogP contribution >= 0.6 is 15.9 Å². The summed E-state index contributed by atoms with van der Waals surface area (Å²) in [6, 6.07) is 7.70. The van der Waals surface area contributed by atoms with E-state index in [-0.39, 0.29) is 32.1 Å².